The van der Waals surface area contributed by atoms with Gasteiger partial charge in [-0.05, 0) is 12.8 Å². The number of carbonyl (C=O) groups excluding carboxylic acids is 1. The molecule has 3 atom stereocenters. The van der Waals surface area contributed by atoms with Gasteiger partial charge in [0.1, 0.15) is 13.2 Å². The van der Waals surface area contributed by atoms with Crippen molar-refractivity contribution < 1.29 is 32.9 Å². The van der Waals surface area contributed by atoms with Crippen LogP contribution in [0.15, 0.2) is 0 Å². The molecule has 0 aliphatic heterocycles. The monoisotopic (exact) mass is 943 g/mol. The molecule has 0 aliphatic carbocycles. The molecule has 0 saturated heterocycles. The van der Waals surface area contributed by atoms with Crippen LogP contribution in [0.4, 0.5) is 0 Å². The van der Waals surface area contributed by atoms with Gasteiger partial charge in [0.2, 0.25) is 5.91 Å². The molecular formula is C56H115N2O6P. The van der Waals surface area contributed by atoms with Gasteiger partial charge in [-0.2, -0.15) is 0 Å². The zero-order valence-electron chi connectivity index (χ0n) is 44.5. The Kier molecular flexibility index (Phi) is 48.1. The third kappa shape index (κ3) is 51.2. The van der Waals surface area contributed by atoms with E-state index in [1.807, 2.05) is 21.1 Å². The number of nitrogens with zero attached hydrogens (tertiary/aromatic N) is 1. The molecule has 9 heteroatoms. The van der Waals surface area contributed by atoms with Crippen molar-refractivity contribution in [2.24, 2.45) is 0 Å². The molecule has 0 aromatic carbocycles. The number of nitrogens with one attached hydrogen (secondary N) is 1. The Morgan fingerprint density at radius 1 is 0.477 bits per heavy atom. The van der Waals surface area contributed by atoms with Crippen LogP contribution in [0.5, 0.6) is 0 Å². The summed E-state index contributed by atoms with van der Waals surface area (Å²) in [6.45, 7) is 4.77. The highest BCUT2D eigenvalue weighted by Crippen LogP contribution is 2.38. The molecule has 0 spiro atoms. The normalized spacial score (nSPS) is 13.9. The first-order valence-electron chi connectivity index (χ1n) is 28.9. The number of quaternary nitrogens is 1. The second-order valence-corrected chi connectivity index (χ2v) is 22.8. The summed E-state index contributed by atoms with van der Waals surface area (Å²) < 4.78 is 23.4. The number of aliphatic hydroxyl groups is 1. The van der Waals surface area contributed by atoms with Gasteiger partial charge in [-0.3, -0.25) is 9.36 Å². The van der Waals surface area contributed by atoms with Crippen LogP contribution >= 0.6 is 7.82 Å². The maximum absolute atomic E-state index is 12.9. The van der Waals surface area contributed by atoms with E-state index < -0.39 is 20.0 Å². The fraction of sp³-hybridized carbons (Fsp3) is 0.982. The molecule has 65 heavy (non-hydrogen) atoms. The van der Waals surface area contributed by atoms with Crippen molar-refractivity contribution in [3.05, 3.63) is 0 Å². The molecule has 0 saturated carbocycles. The van der Waals surface area contributed by atoms with Gasteiger partial charge in [-0.25, -0.2) is 0 Å². The van der Waals surface area contributed by atoms with E-state index >= 15 is 0 Å². The lowest BCUT2D eigenvalue weighted by Crippen LogP contribution is -2.46. The molecule has 1 amide bonds. The Balaban J connectivity index is 4.05. The summed E-state index contributed by atoms with van der Waals surface area (Å²) in [5.74, 6) is -0.158. The van der Waals surface area contributed by atoms with E-state index in [4.69, 9.17) is 9.05 Å². The summed E-state index contributed by atoms with van der Waals surface area (Å²) in [6.07, 6.45) is 57.1. The van der Waals surface area contributed by atoms with E-state index in [1.54, 1.807) is 0 Å². The Morgan fingerprint density at radius 3 is 1.05 bits per heavy atom. The summed E-state index contributed by atoms with van der Waals surface area (Å²) in [6, 6.07) is -0.794. The van der Waals surface area contributed by atoms with Crippen molar-refractivity contribution >= 4 is 13.7 Å². The molecule has 0 aromatic rings. The largest absolute Gasteiger partial charge is 0.756 e. The highest BCUT2D eigenvalue weighted by Gasteiger charge is 2.24. The van der Waals surface area contributed by atoms with Crippen molar-refractivity contribution in [2.45, 2.75) is 315 Å². The fourth-order valence-electron chi connectivity index (χ4n) is 9.04. The van der Waals surface area contributed by atoms with Crippen molar-refractivity contribution in [2.75, 3.05) is 40.9 Å². The van der Waals surface area contributed by atoms with Crippen LogP contribution in [0.1, 0.15) is 303 Å². The van der Waals surface area contributed by atoms with Gasteiger partial charge in [0.25, 0.3) is 7.82 Å². The van der Waals surface area contributed by atoms with E-state index in [-0.39, 0.29) is 19.1 Å². The molecule has 0 rings (SSSR count). The topological polar surface area (TPSA) is 108 Å². The van der Waals surface area contributed by atoms with Crippen LogP contribution in [0, 0.1) is 0 Å². The SMILES string of the molecule is CCCCCCCCCCCCCCCCCCCCCCCCCCCCCCC(O)C(COP(=O)([O-])OCC[N+](C)(C)C)NC(=O)CCCCCCCCCCCCCCCCC. The molecule has 3 unspecified atom stereocenters. The Morgan fingerprint density at radius 2 is 0.754 bits per heavy atom. The van der Waals surface area contributed by atoms with Gasteiger partial charge in [0, 0.05) is 6.42 Å². The first kappa shape index (κ1) is 64.5. The van der Waals surface area contributed by atoms with Gasteiger partial charge in [0.15, 0.2) is 0 Å². The minimum absolute atomic E-state index is 0.0166. The van der Waals surface area contributed by atoms with E-state index in [2.05, 4.69) is 19.2 Å². The zero-order valence-corrected chi connectivity index (χ0v) is 45.4. The zero-order chi connectivity index (χ0) is 47.8. The van der Waals surface area contributed by atoms with Crippen LogP contribution in [0.2, 0.25) is 0 Å². The number of phosphoric ester groups is 1. The highest BCUT2D eigenvalue weighted by molar-refractivity contribution is 7.45. The van der Waals surface area contributed by atoms with E-state index in [0.717, 1.165) is 38.5 Å². The minimum atomic E-state index is -4.57. The lowest BCUT2D eigenvalue weighted by Gasteiger charge is -2.30. The van der Waals surface area contributed by atoms with Crippen molar-refractivity contribution in [1.82, 2.24) is 5.32 Å². The molecule has 0 aliphatic rings. The summed E-state index contributed by atoms with van der Waals surface area (Å²) in [5.41, 5.74) is 0. The molecule has 2 N–H and O–H groups in total. The second-order valence-electron chi connectivity index (χ2n) is 21.4. The van der Waals surface area contributed by atoms with Gasteiger partial charge in [-0.1, -0.05) is 284 Å². The maximum Gasteiger partial charge on any atom is 0.268 e. The number of carbonyl (C=O) groups is 1. The van der Waals surface area contributed by atoms with Gasteiger partial charge in [-0.15, -0.1) is 0 Å². The number of phosphoric acid groups is 1. The molecule has 0 bridgehead atoms. The first-order chi connectivity index (χ1) is 31.5. The molecule has 0 fully saturated rings. The lowest BCUT2D eigenvalue weighted by molar-refractivity contribution is -0.870. The number of hydrogen-bond donors (Lipinski definition) is 2. The third-order valence-electron chi connectivity index (χ3n) is 13.6. The molecule has 8 nitrogen and oxygen atoms in total. The fourth-order valence-corrected chi connectivity index (χ4v) is 9.77. The molecular weight excluding hydrogens is 828 g/mol. The third-order valence-corrected chi connectivity index (χ3v) is 14.6. The summed E-state index contributed by atoms with van der Waals surface area (Å²) >= 11 is 0. The number of unbranched alkanes of at least 4 members (excludes halogenated alkanes) is 41. The van der Waals surface area contributed by atoms with E-state index in [9.17, 15) is 19.4 Å². The number of rotatable bonds is 54. The average Bonchev–Trinajstić information content (AvgIpc) is 3.26. The quantitative estimate of drug-likeness (QED) is 0.0357. The van der Waals surface area contributed by atoms with Crippen LogP contribution in [0.25, 0.3) is 0 Å². The molecule has 390 valence electrons. The number of aliphatic hydroxyl groups excluding tert-OH is 1. The van der Waals surface area contributed by atoms with Crippen LogP contribution in [-0.2, 0) is 18.4 Å². The molecule has 0 aromatic heterocycles. The van der Waals surface area contributed by atoms with Crippen molar-refractivity contribution in [1.29, 1.82) is 0 Å². The Labute approximate surface area is 406 Å². The van der Waals surface area contributed by atoms with Crippen LogP contribution < -0.4 is 10.2 Å². The van der Waals surface area contributed by atoms with Gasteiger partial charge < -0.3 is 28.8 Å². The summed E-state index contributed by atoms with van der Waals surface area (Å²) in [5, 5.41) is 14.0. The Hall–Kier alpha value is -0.500. The van der Waals surface area contributed by atoms with Gasteiger partial charge >= 0.3 is 0 Å². The lowest BCUT2D eigenvalue weighted by atomic mass is 10.0. The van der Waals surface area contributed by atoms with Crippen LogP contribution in [0.3, 0.4) is 0 Å². The summed E-state index contributed by atoms with van der Waals surface area (Å²) in [4.78, 5) is 25.5. The van der Waals surface area contributed by atoms with E-state index in [1.165, 1.54) is 238 Å². The predicted molar refractivity (Wildman–Crippen MR) is 279 cm³/mol. The molecule has 0 heterocycles. The summed E-state index contributed by atoms with van der Waals surface area (Å²) in [7, 11) is 1.32. The Bertz CT molecular complexity index is 1030. The second kappa shape index (κ2) is 48.5. The number of hydrogen-bond acceptors (Lipinski definition) is 6. The maximum atomic E-state index is 12.9. The van der Waals surface area contributed by atoms with Gasteiger partial charge in [0.05, 0.1) is 39.9 Å². The van der Waals surface area contributed by atoms with Crippen LogP contribution in [-0.4, -0.2) is 68.5 Å². The number of amides is 1. The molecule has 0 radical (unpaired) electrons. The number of likely N-dealkylation sites (N-methyl/N-ethyl adjacent to an activating group) is 1. The highest BCUT2D eigenvalue weighted by atomic mass is 31.2. The van der Waals surface area contributed by atoms with E-state index in [0.29, 0.717) is 23.9 Å². The average molecular weight is 944 g/mol. The van der Waals surface area contributed by atoms with Crippen molar-refractivity contribution in [3.63, 3.8) is 0 Å². The standard InChI is InChI=1S/C56H115N2O6P/c1-6-8-10-12-14-16-18-20-22-23-24-25-26-27-28-29-30-31-32-33-34-36-37-39-41-43-45-47-49-55(59)54(53-64-65(61,62)63-52-51-58(3,4)5)57-56(60)50-48-46-44-42-40-38-35-21-19-17-15-13-11-9-7-2/h54-55,59H,6-53H2,1-5H3,(H-,57,60,61,62). The smallest absolute Gasteiger partial charge is 0.268 e. The predicted octanol–water partition coefficient (Wildman–Crippen LogP) is 16.6. The first-order valence-corrected chi connectivity index (χ1v) is 30.3. The minimum Gasteiger partial charge on any atom is -0.756 e. The van der Waals surface area contributed by atoms with Crippen molar-refractivity contribution in [3.8, 4) is 0 Å².